The molecule has 6 nitrogen and oxygen atoms in total. The molecule has 2 amide bonds. The zero-order chi connectivity index (χ0) is 14.6. The van der Waals surface area contributed by atoms with Gasteiger partial charge in [-0.1, -0.05) is 6.07 Å². The van der Waals surface area contributed by atoms with Gasteiger partial charge in [0.1, 0.15) is 6.04 Å². The van der Waals surface area contributed by atoms with E-state index in [4.69, 9.17) is 5.11 Å². The van der Waals surface area contributed by atoms with Gasteiger partial charge in [-0.05, 0) is 25.1 Å². The number of hydrogen-bond acceptors (Lipinski definition) is 3. The molecule has 0 saturated heterocycles. The van der Waals surface area contributed by atoms with Crippen molar-refractivity contribution in [3.63, 3.8) is 0 Å². The van der Waals surface area contributed by atoms with E-state index in [1.165, 1.54) is 27.1 Å². The highest BCUT2D eigenvalue weighted by Gasteiger charge is 2.23. The lowest BCUT2D eigenvalue weighted by atomic mass is 10.1. The van der Waals surface area contributed by atoms with Crippen LogP contribution < -0.4 is 5.32 Å². The minimum Gasteiger partial charge on any atom is -0.480 e. The molecule has 0 aromatic heterocycles. The average Bonchev–Trinajstić information content (AvgIpc) is 2.43. The Labute approximate surface area is 111 Å². The van der Waals surface area contributed by atoms with Crippen LogP contribution in [0.25, 0.3) is 0 Å². The van der Waals surface area contributed by atoms with E-state index in [1.807, 2.05) is 0 Å². The molecule has 2 N–H and O–H groups in total. The molecule has 0 radical (unpaired) electrons. The predicted molar refractivity (Wildman–Crippen MR) is 69.0 cm³/mol. The van der Waals surface area contributed by atoms with Crippen LogP contribution in [-0.2, 0) is 4.79 Å². The third kappa shape index (κ3) is 3.31. The van der Waals surface area contributed by atoms with E-state index < -0.39 is 17.9 Å². The summed E-state index contributed by atoms with van der Waals surface area (Å²) in [5, 5.41) is 11.3. The second-order valence-electron chi connectivity index (χ2n) is 4.09. The lowest BCUT2D eigenvalue weighted by Crippen LogP contribution is -2.40. The number of hydrogen-bond donors (Lipinski definition) is 2. The summed E-state index contributed by atoms with van der Waals surface area (Å²) in [5.74, 6) is -1.83. The first-order valence-electron chi connectivity index (χ1n) is 5.70. The van der Waals surface area contributed by atoms with E-state index in [1.54, 1.807) is 18.2 Å². The highest BCUT2D eigenvalue weighted by molar-refractivity contribution is 6.00. The van der Waals surface area contributed by atoms with Gasteiger partial charge in [-0.3, -0.25) is 9.59 Å². The van der Waals surface area contributed by atoms with Crippen molar-refractivity contribution in [1.82, 2.24) is 10.2 Å². The molecule has 6 heteroatoms. The smallest absolute Gasteiger partial charge is 0.326 e. The molecule has 1 unspecified atom stereocenters. The molecular formula is C13H16N2O4. The maximum absolute atomic E-state index is 12.1. The molecule has 1 atom stereocenters. The monoisotopic (exact) mass is 264 g/mol. The van der Waals surface area contributed by atoms with Gasteiger partial charge in [0, 0.05) is 25.2 Å². The van der Waals surface area contributed by atoms with Gasteiger partial charge >= 0.3 is 5.97 Å². The molecule has 0 bridgehead atoms. The molecule has 0 aliphatic heterocycles. The van der Waals surface area contributed by atoms with Crippen molar-refractivity contribution in [2.24, 2.45) is 0 Å². The quantitative estimate of drug-likeness (QED) is 0.833. The summed E-state index contributed by atoms with van der Waals surface area (Å²) in [6, 6.07) is 5.20. The van der Waals surface area contributed by atoms with Crippen molar-refractivity contribution in [3.05, 3.63) is 35.4 Å². The Morgan fingerprint density at radius 3 is 2.37 bits per heavy atom. The van der Waals surface area contributed by atoms with Gasteiger partial charge < -0.3 is 15.3 Å². The van der Waals surface area contributed by atoms with Gasteiger partial charge in [-0.15, -0.1) is 0 Å². The van der Waals surface area contributed by atoms with E-state index >= 15 is 0 Å². The van der Waals surface area contributed by atoms with Crippen LogP contribution in [0.1, 0.15) is 27.6 Å². The molecule has 0 heterocycles. The Kier molecular flexibility index (Phi) is 4.63. The number of carboxylic acid groups (broad SMARTS) is 1. The number of carbonyl (C=O) groups is 3. The lowest BCUT2D eigenvalue weighted by Gasteiger charge is -2.21. The molecule has 1 aromatic rings. The lowest BCUT2D eigenvalue weighted by molar-refractivity contribution is -0.141. The molecule has 0 aliphatic carbocycles. The van der Waals surface area contributed by atoms with Crippen LogP contribution >= 0.6 is 0 Å². The molecule has 0 fully saturated rings. The minimum atomic E-state index is -1.08. The summed E-state index contributed by atoms with van der Waals surface area (Å²) in [6.45, 7) is 1.42. The molecule has 0 aliphatic rings. The number of carbonyl (C=O) groups excluding carboxylic acids is 2. The Hall–Kier alpha value is -2.37. The second-order valence-corrected chi connectivity index (χ2v) is 4.09. The largest absolute Gasteiger partial charge is 0.480 e. The van der Waals surface area contributed by atoms with Crippen molar-refractivity contribution in [3.8, 4) is 0 Å². The fourth-order valence-corrected chi connectivity index (χ4v) is 1.48. The Morgan fingerprint density at radius 2 is 1.84 bits per heavy atom. The normalized spacial score (nSPS) is 11.5. The Bertz CT molecular complexity index is 513. The number of aliphatic carboxylic acids is 1. The Balaban J connectivity index is 3.00. The third-order valence-electron chi connectivity index (χ3n) is 2.86. The zero-order valence-corrected chi connectivity index (χ0v) is 11.0. The summed E-state index contributed by atoms with van der Waals surface area (Å²) in [6.07, 6.45) is 0. The minimum absolute atomic E-state index is 0.275. The third-order valence-corrected chi connectivity index (χ3v) is 2.86. The number of benzene rings is 1. The first-order chi connectivity index (χ1) is 8.88. The van der Waals surface area contributed by atoms with Crippen molar-refractivity contribution in [2.75, 3.05) is 14.1 Å². The first-order valence-corrected chi connectivity index (χ1v) is 5.70. The van der Waals surface area contributed by atoms with Crippen LogP contribution in [0.5, 0.6) is 0 Å². The fourth-order valence-electron chi connectivity index (χ4n) is 1.48. The maximum Gasteiger partial charge on any atom is 0.326 e. The Morgan fingerprint density at radius 1 is 1.26 bits per heavy atom. The van der Waals surface area contributed by atoms with E-state index in [9.17, 15) is 14.4 Å². The second kappa shape index (κ2) is 5.99. The number of amides is 2. The van der Waals surface area contributed by atoms with E-state index in [2.05, 4.69) is 5.32 Å². The zero-order valence-electron chi connectivity index (χ0n) is 11.0. The van der Waals surface area contributed by atoms with Crippen LogP contribution in [-0.4, -0.2) is 47.9 Å². The van der Waals surface area contributed by atoms with Crippen molar-refractivity contribution < 1.29 is 19.5 Å². The van der Waals surface area contributed by atoms with E-state index in [0.29, 0.717) is 5.56 Å². The number of nitrogens with one attached hydrogen (secondary N) is 1. The summed E-state index contributed by atoms with van der Waals surface area (Å²) < 4.78 is 0. The van der Waals surface area contributed by atoms with Gasteiger partial charge in [0.2, 0.25) is 0 Å². The van der Waals surface area contributed by atoms with Crippen LogP contribution in [0.2, 0.25) is 0 Å². The van der Waals surface area contributed by atoms with E-state index in [0.717, 1.165) is 4.90 Å². The predicted octanol–water partition coefficient (Wildman–Crippen LogP) is 0.591. The number of nitrogens with zero attached hydrogens (tertiary/aromatic N) is 1. The maximum atomic E-state index is 12.1. The molecule has 19 heavy (non-hydrogen) atoms. The summed E-state index contributed by atoms with van der Waals surface area (Å²) in [7, 11) is 2.91. The molecule has 1 rings (SSSR count). The molecular weight excluding hydrogens is 248 g/mol. The average molecular weight is 264 g/mol. The highest BCUT2D eigenvalue weighted by atomic mass is 16.4. The van der Waals surface area contributed by atoms with E-state index in [-0.39, 0.29) is 11.5 Å². The van der Waals surface area contributed by atoms with Gasteiger partial charge in [-0.25, -0.2) is 4.79 Å². The summed E-state index contributed by atoms with van der Waals surface area (Å²) >= 11 is 0. The van der Waals surface area contributed by atoms with Crippen LogP contribution in [0.3, 0.4) is 0 Å². The van der Waals surface area contributed by atoms with Gasteiger partial charge in [0.15, 0.2) is 0 Å². The highest BCUT2D eigenvalue weighted by Crippen LogP contribution is 2.10. The number of rotatable bonds is 4. The van der Waals surface area contributed by atoms with Gasteiger partial charge in [0.25, 0.3) is 11.8 Å². The van der Waals surface area contributed by atoms with Gasteiger partial charge in [-0.2, -0.15) is 0 Å². The summed E-state index contributed by atoms with van der Waals surface area (Å²) in [4.78, 5) is 35.5. The molecule has 102 valence electrons. The number of likely N-dealkylation sites (N-methyl/N-ethyl adjacent to an activating group) is 1. The summed E-state index contributed by atoms with van der Waals surface area (Å²) in [5.41, 5.74) is 0.626. The van der Waals surface area contributed by atoms with Gasteiger partial charge in [0.05, 0.1) is 0 Å². The van der Waals surface area contributed by atoms with Crippen molar-refractivity contribution >= 4 is 17.8 Å². The van der Waals surface area contributed by atoms with Crippen LogP contribution in [0, 0.1) is 0 Å². The molecule has 0 saturated carbocycles. The van der Waals surface area contributed by atoms with Crippen molar-refractivity contribution in [2.45, 2.75) is 13.0 Å². The SMILES string of the molecule is CNC(=O)c1cccc(C(=O)N(C)C(C)C(=O)O)c1. The molecule has 0 spiro atoms. The fraction of sp³-hybridized carbons (Fsp3) is 0.308. The first kappa shape index (κ1) is 14.7. The van der Waals surface area contributed by atoms with Crippen molar-refractivity contribution in [1.29, 1.82) is 0 Å². The topological polar surface area (TPSA) is 86.7 Å². The van der Waals surface area contributed by atoms with Crippen LogP contribution in [0.15, 0.2) is 24.3 Å². The number of carboxylic acids is 1. The standard InChI is InChI=1S/C13H16N2O4/c1-8(13(18)19)15(3)12(17)10-6-4-5-9(7-10)11(16)14-2/h4-8H,1-3H3,(H,14,16)(H,18,19). The molecule has 1 aromatic carbocycles. The van der Waals surface area contributed by atoms with Crippen LogP contribution in [0.4, 0.5) is 0 Å².